The molecule has 1 N–H and O–H groups in total. The van der Waals surface area contributed by atoms with Crippen LogP contribution in [-0.2, 0) is 16.0 Å². The minimum absolute atomic E-state index is 0.157. The van der Waals surface area contributed by atoms with Gasteiger partial charge in [0, 0.05) is 0 Å². The van der Waals surface area contributed by atoms with Gasteiger partial charge in [0.2, 0.25) is 0 Å². The zero-order chi connectivity index (χ0) is 11.4. The fraction of sp³-hybridized carbons (Fsp3) is 0.462. The van der Waals surface area contributed by atoms with Crippen molar-refractivity contribution in [2.24, 2.45) is 5.92 Å². The van der Waals surface area contributed by atoms with Gasteiger partial charge in [-0.2, -0.15) is 0 Å². The van der Waals surface area contributed by atoms with E-state index in [-0.39, 0.29) is 12.0 Å². The zero-order valence-corrected chi connectivity index (χ0v) is 9.13. The molecule has 0 amide bonds. The lowest BCUT2D eigenvalue weighted by molar-refractivity contribution is -0.151. The number of carbonyl (C=O) groups is 1. The van der Waals surface area contributed by atoms with E-state index < -0.39 is 5.97 Å². The van der Waals surface area contributed by atoms with Crippen LogP contribution in [0.1, 0.15) is 18.4 Å². The van der Waals surface area contributed by atoms with E-state index in [0.717, 1.165) is 6.42 Å². The van der Waals surface area contributed by atoms with Crippen molar-refractivity contribution in [3.63, 3.8) is 0 Å². The maximum Gasteiger partial charge on any atom is 0.306 e. The average Bonchev–Trinajstić information content (AvgIpc) is 2.22. The summed E-state index contributed by atoms with van der Waals surface area (Å²) in [5.74, 6) is -0.871. The van der Waals surface area contributed by atoms with Gasteiger partial charge in [0.05, 0.1) is 18.6 Å². The second-order valence-electron chi connectivity index (χ2n) is 4.23. The minimum Gasteiger partial charge on any atom is -0.481 e. The van der Waals surface area contributed by atoms with E-state index in [4.69, 9.17) is 9.84 Å². The Morgan fingerprint density at radius 1 is 1.31 bits per heavy atom. The number of rotatable bonds is 5. The number of carboxylic acids is 1. The summed E-state index contributed by atoms with van der Waals surface area (Å²) < 4.78 is 5.60. The van der Waals surface area contributed by atoms with E-state index in [2.05, 4.69) is 12.1 Å². The smallest absolute Gasteiger partial charge is 0.306 e. The second kappa shape index (κ2) is 5.12. The Morgan fingerprint density at radius 3 is 2.62 bits per heavy atom. The highest BCUT2D eigenvalue weighted by atomic mass is 16.5. The summed E-state index contributed by atoms with van der Waals surface area (Å²) in [4.78, 5) is 10.6. The van der Waals surface area contributed by atoms with Gasteiger partial charge in [0.15, 0.2) is 0 Å². The highest BCUT2D eigenvalue weighted by Gasteiger charge is 2.34. The van der Waals surface area contributed by atoms with E-state index in [1.165, 1.54) is 5.56 Å². The molecule has 0 atom stereocenters. The number of carboxylic acid groups (broad SMARTS) is 1. The Balaban J connectivity index is 1.62. The first-order valence-electron chi connectivity index (χ1n) is 5.64. The van der Waals surface area contributed by atoms with Gasteiger partial charge in [0.1, 0.15) is 0 Å². The summed E-state index contributed by atoms with van der Waals surface area (Å²) in [5.41, 5.74) is 1.26. The van der Waals surface area contributed by atoms with Crippen LogP contribution in [-0.4, -0.2) is 23.8 Å². The molecule has 1 aliphatic carbocycles. The van der Waals surface area contributed by atoms with Crippen LogP contribution >= 0.6 is 0 Å². The molecule has 16 heavy (non-hydrogen) atoms. The van der Waals surface area contributed by atoms with E-state index in [1.807, 2.05) is 18.2 Å². The summed E-state index contributed by atoms with van der Waals surface area (Å²) in [6.45, 7) is 0.682. The maximum atomic E-state index is 10.6. The third-order valence-corrected chi connectivity index (χ3v) is 3.03. The van der Waals surface area contributed by atoms with Crippen LogP contribution in [0.5, 0.6) is 0 Å². The molecule has 1 aromatic rings. The minimum atomic E-state index is -0.692. The van der Waals surface area contributed by atoms with Crippen LogP contribution in [0, 0.1) is 5.92 Å². The van der Waals surface area contributed by atoms with Crippen LogP contribution < -0.4 is 0 Å². The molecular weight excluding hydrogens is 204 g/mol. The summed E-state index contributed by atoms with van der Waals surface area (Å²) in [5, 5.41) is 8.70. The predicted molar refractivity (Wildman–Crippen MR) is 60.2 cm³/mol. The summed E-state index contributed by atoms with van der Waals surface area (Å²) in [6.07, 6.45) is 2.40. The number of ether oxygens (including phenoxy) is 1. The van der Waals surface area contributed by atoms with Crippen molar-refractivity contribution in [3.05, 3.63) is 35.9 Å². The normalized spacial score (nSPS) is 23.8. The van der Waals surface area contributed by atoms with Crippen molar-refractivity contribution >= 4 is 5.97 Å². The number of benzene rings is 1. The van der Waals surface area contributed by atoms with Crippen molar-refractivity contribution in [2.75, 3.05) is 6.61 Å². The number of aliphatic carboxylic acids is 1. The second-order valence-corrected chi connectivity index (χ2v) is 4.23. The SMILES string of the molecule is O=C(O)C1CC(OCCc2ccccc2)C1. The van der Waals surface area contributed by atoms with Gasteiger partial charge < -0.3 is 9.84 Å². The van der Waals surface area contributed by atoms with Gasteiger partial charge in [-0.3, -0.25) is 4.79 Å². The fourth-order valence-electron chi connectivity index (χ4n) is 1.89. The first kappa shape index (κ1) is 11.1. The van der Waals surface area contributed by atoms with Crippen LogP contribution in [0.3, 0.4) is 0 Å². The molecule has 0 unspecified atom stereocenters. The Hall–Kier alpha value is -1.35. The maximum absolute atomic E-state index is 10.6. The monoisotopic (exact) mass is 220 g/mol. The third kappa shape index (κ3) is 2.83. The molecule has 0 heterocycles. The molecular formula is C13H16O3. The van der Waals surface area contributed by atoms with Crippen molar-refractivity contribution < 1.29 is 14.6 Å². The van der Waals surface area contributed by atoms with Gasteiger partial charge in [-0.1, -0.05) is 30.3 Å². The van der Waals surface area contributed by atoms with E-state index in [9.17, 15) is 4.79 Å². The molecule has 0 spiro atoms. The largest absolute Gasteiger partial charge is 0.481 e. The molecule has 2 rings (SSSR count). The Bertz CT molecular complexity index is 341. The van der Waals surface area contributed by atoms with E-state index in [1.54, 1.807) is 0 Å². The molecule has 0 radical (unpaired) electrons. The van der Waals surface area contributed by atoms with Gasteiger partial charge in [0.25, 0.3) is 0 Å². The molecule has 1 fully saturated rings. The predicted octanol–water partition coefficient (Wildman–Crippen LogP) is 2.11. The van der Waals surface area contributed by atoms with Gasteiger partial charge in [-0.05, 0) is 24.8 Å². The van der Waals surface area contributed by atoms with Gasteiger partial charge in [-0.15, -0.1) is 0 Å². The topological polar surface area (TPSA) is 46.5 Å². The molecule has 0 aliphatic heterocycles. The molecule has 0 saturated heterocycles. The Kier molecular flexibility index (Phi) is 3.57. The molecule has 3 nitrogen and oxygen atoms in total. The summed E-state index contributed by atoms with van der Waals surface area (Å²) >= 11 is 0. The van der Waals surface area contributed by atoms with Gasteiger partial charge in [-0.25, -0.2) is 0 Å². The lowest BCUT2D eigenvalue weighted by Crippen LogP contribution is -2.36. The van der Waals surface area contributed by atoms with Crippen LogP contribution in [0.2, 0.25) is 0 Å². The summed E-state index contributed by atoms with van der Waals surface area (Å²) in [7, 11) is 0. The highest BCUT2D eigenvalue weighted by Crippen LogP contribution is 2.30. The zero-order valence-electron chi connectivity index (χ0n) is 9.13. The first-order valence-corrected chi connectivity index (χ1v) is 5.64. The van der Waals surface area contributed by atoms with E-state index >= 15 is 0 Å². The van der Waals surface area contributed by atoms with Crippen molar-refractivity contribution in [1.82, 2.24) is 0 Å². The molecule has 1 aliphatic rings. The molecule has 0 aromatic heterocycles. The van der Waals surface area contributed by atoms with Gasteiger partial charge >= 0.3 is 5.97 Å². The molecule has 1 saturated carbocycles. The van der Waals surface area contributed by atoms with E-state index in [0.29, 0.717) is 19.4 Å². The molecule has 0 bridgehead atoms. The standard InChI is InChI=1S/C13H16O3/c14-13(15)11-8-12(9-11)16-7-6-10-4-2-1-3-5-10/h1-5,11-12H,6-9H2,(H,14,15). The lowest BCUT2D eigenvalue weighted by Gasteiger charge is -2.32. The van der Waals surface area contributed by atoms with Crippen LogP contribution in [0.4, 0.5) is 0 Å². The number of hydrogen-bond acceptors (Lipinski definition) is 2. The van der Waals surface area contributed by atoms with Crippen LogP contribution in [0.15, 0.2) is 30.3 Å². The number of hydrogen-bond donors (Lipinski definition) is 1. The fourth-order valence-corrected chi connectivity index (χ4v) is 1.89. The third-order valence-electron chi connectivity index (χ3n) is 3.03. The molecule has 1 aromatic carbocycles. The average molecular weight is 220 g/mol. The quantitative estimate of drug-likeness (QED) is 0.826. The van der Waals surface area contributed by atoms with Crippen molar-refractivity contribution in [1.29, 1.82) is 0 Å². The molecule has 86 valence electrons. The molecule has 3 heteroatoms. The Morgan fingerprint density at radius 2 is 2.00 bits per heavy atom. The van der Waals surface area contributed by atoms with Crippen molar-refractivity contribution in [3.8, 4) is 0 Å². The van der Waals surface area contributed by atoms with Crippen molar-refractivity contribution in [2.45, 2.75) is 25.4 Å². The highest BCUT2D eigenvalue weighted by molar-refractivity contribution is 5.71. The lowest BCUT2D eigenvalue weighted by atomic mass is 9.82. The Labute approximate surface area is 95.0 Å². The first-order chi connectivity index (χ1) is 7.75. The summed E-state index contributed by atoms with van der Waals surface area (Å²) in [6, 6.07) is 10.2. The van der Waals surface area contributed by atoms with Crippen LogP contribution in [0.25, 0.3) is 0 Å².